The number of thiocarbonyl (C=S) groups is 1. The lowest BCUT2D eigenvalue weighted by molar-refractivity contribution is -0.120. The van der Waals surface area contributed by atoms with Crippen LogP contribution >= 0.6 is 24.0 Å². The van der Waals surface area contributed by atoms with Crippen molar-refractivity contribution in [2.75, 3.05) is 6.79 Å². The van der Waals surface area contributed by atoms with Gasteiger partial charge in [0.15, 0.2) is 4.32 Å². The average Bonchev–Trinajstić information content (AvgIpc) is 3.14. The number of carbonyl (C=O) groups is 1. The van der Waals surface area contributed by atoms with E-state index >= 15 is 0 Å². The number of allylic oxidation sites excluding steroid dienone is 1. The summed E-state index contributed by atoms with van der Waals surface area (Å²) in [7, 11) is 0. The molecule has 0 bridgehead atoms. The fourth-order valence-corrected chi connectivity index (χ4v) is 3.96. The van der Waals surface area contributed by atoms with Gasteiger partial charge in [0.2, 0.25) is 0 Å². The fourth-order valence-electron chi connectivity index (χ4n) is 2.66. The van der Waals surface area contributed by atoms with E-state index in [1.54, 1.807) is 18.2 Å². The van der Waals surface area contributed by atoms with E-state index in [0.717, 1.165) is 5.56 Å². The Labute approximate surface area is 147 Å². The molecule has 1 aromatic carbocycles. The van der Waals surface area contributed by atoms with Crippen LogP contribution in [0.2, 0.25) is 0 Å². The average molecular weight is 361 g/mol. The van der Waals surface area contributed by atoms with E-state index in [4.69, 9.17) is 21.7 Å². The first-order valence-electron chi connectivity index (χ1n) is 7.28. The lowest BCUT2D eigenvalue weighted by atomic mass is 10.1. The van der Waals surface area contributed by atoms with Gasteiger partial charge in [0.1, 0.15) is 24.8 Å². The molecule has 4 rings (SSSR count). The van der Waals surface area contributed by atoms with Crippen molar-refractivity contribution >= 4 is 40.3 Å². The molecule has 0 unspecified atom stereocenters. The molecule has 1 aromatic rings. The van der Waals surface area contributed by atoms with E-state index in [0.29, 0.717) is 14.9 Å². The first kappa shape index (κ1) is 15.7. The van der Waals surface area contributed by atoms with Gasteiger partial charge in [-0.1, -0.05) is 42.2 Å². The number of carbonyl (C=O) groups excluding carboxylic acids is 1. The van der Waals surface area contributed by atoms with Crippen LogP contribution in [-0.2, 0) is 14.3 Å². The number of hydrogen-bond donors (Lipinski definition) is 0. The molecule has 2 fully saturated rings. The summed E-state index contributed by atoms with van der Waals surface area (Å²) in [6.07, 6.45) is 6.95. The normalized spacial score (nSPS) is 27.8. The van der Waals surface area contributed by atoms with Crippen molar-refractivity contribution in [2.24, 2.45) is 0 Å². The van der Waals surface area contributed by atoms with Crippen molar-refractivity contribution in [3.63, 3.8) is 0 Å². The van der Waals surface area contributed by atoms with Crippen LogP contribution in [0.4, 0.5) is 4.39 Å². The van der Waals surface area contributed by atoms with Gasteiger partial charge in [0.25, 0.3) is 5.91 Å². The maximum Gasteiger partial charge on any atom is 0.270 e. The molecule has 0 N–H and O–H groups in total. The zero-order valence-corrected chi connectivity index (χ0v) is 14.0. The van der Waals surface area contributed by atoms with E-state index < -0.39 is 0 Å². The standard InChI is InChI=1S/C17H12FNO3S2/c18-11-3-1-10(2-4-11)7-15-16(20)19(17(23)24-15)12-5-6-13-14(8-12)22-9-21-13/h1-8,13-14H,9H2/b15-7-/t13-,14-/m1/s1. The molecule has 2 saturated heterocycles. The molecule has 1 aliphatic carbocycles. The maximum absolute atomic E-state index is 13.0. The number of fused-ring (bicyclic) bond motifs is 1. The van der Waals surface area contributed by atoms with Gasteiger partial charge in [-0.15, -0.1) is 0 Å². The number of rotatable bonds is 2. The minimum absolute atomic E-state index is 0.109. The maximum atomic E-state index is 13.0. The topological polar surface area (TPSA) is 38.8 Å². The van der Waals surface area contributed by atoms with Gasteiger partial charge in [-0.3, -0.25) is 9.69 Å². The summed E-state index contributed by atoms with van der Waals surface area (Å²) in [6.45, 7) is 0.242. The van der Waals surface area contributed by atoms with Crippen LogP contribution in [0.5, 0.6) is 0 Å². The Morgan fingerprint density at radius 3 is 2.79 bits per heavy atom. The van der Waals surface area contributed by atoms with E-state index in [2.05, 4.69) is 0 Å². The predicted molar refractivity (Wildman–Crippen MR) is 93.2 cm³/mol. The lowest BCUT2D eigenvalue weighted by Gasteiger charge is -2.22. The summed E-state index contributed by atoms with van der Waals surface area (Å²) in [6, 6.07) is 5.96. The highest BCUT2D eigenvalue weighted by molar-refractivity contribution is 8.26. The Balaban J connectivity index is 1.60. The van der Waals surface area contributed by atoms with Gasteiger partial charge >= 0.3 is 0 Å². The second-order valence-electron chi connectivity index (χ2n) is 5.40. The first-order chi connectivity index (χ1) is 11.6. The summed E-state index contributed by atoms with van der Waals surface area (Å²) >= 11 is 6.58. The number of nitrogens with zero attached hydrogens (tertiary/aromatic N) is 1. The molecule has 2 aliphatic heterocycles. The van der Waals surface area contributed by atoms with E-state index in [9.17, 15) is 9.18 Å². The predicted octanol–water partition coefficient (Wildman–Crippen LogP) is 3.22. The molecule has 24 heavy (non-hydrogen) atoms. The van der Waals surface area contributed by atoms with Crippen molar-refractivity contribution in [1.29, 1.82) is 0 Å². The summed E-state index contributed by atoms with van der Waals surface area (Å²) in [4.78, 5) is 14.7. The van der Waals surface area contributed by atoms with Crippen molar-refractivity contribution in [3.05, 3.63) is 64.5 Å². The second-order valence-corrected chi connectivity index (χ2v) is 7.08. The van der Waals surface area contributed by atoms with E-state index in [-0.39, 0.29) is 30.7 Å². The Hall–Kier alpha value is -1.80. The second kappa shape index (κ2) is 6.25. The third-order valence-electron chi connectivity index (χ3n) is 3.86. The summed E-state index contributed by atoms with van der Waals surface area (Å²) < 4.78 is 24.3. The first-order valence-corrected chi connectivity index (χ1v) is 8.51. The number of ether oxygens (including phenoxy) is 2. The van der Waals surface area contributed by atoms with Crippen LogP contribution in [0, 0.1) is 5.82 Å². The molecular weight excluding hydrogens is 349 g/mol. The number of halogens is 1. The summed E-state index contributed by atoms with van der Waals surface area (Å²) in [5.74, 6) is -0.506. The molecule has 2 atom stereocenters. The van der Waals surface area contributed by atoms with Gasteiger partial charge in [-0.25, -0.2) is 4.39 Å². The Morgan fingerprint density at radius 2 is 2.00 bits per heavy atom. The molecule has 122 valence electrons. The van der Waals surface area contributed by atoms with Gasteiger partial charge < -0.3 is 9.47 Å². The van der Waals surface area contributed by atoms with Gasteiger partial charge in [-0.2, -0.15) is 0 Å². The fraction of sp³-hybridized carbons (Fsp3) is 0.176. The zero-order chi connectivity index (χ0) is 16.7. The molecule has 4 nitrogen and oxygen atoms in total. The quantitative estimate of drug-likeness (QED) is 0.597. The molecule has 7 heteroatoms. The Morgan fingerprint density at radius 1 is 1.25 bits per heavy atom. The van der Waals surface area contributed by atoms with Gasteiger partial charge in [0.05, 0.1) is 4.91 Å². The molecule has 0 spiro atoms. The highest BCUT2D eigenvalue weighted by atomic mass is 32.2. The van der Waals surface area contributed by atoms with Crippen LogP contribution in [0.1, 0.15) is 5.56 Å². The molecule has 0 radical (unpaired) electrons. The van der Waals surface area contributed by atoms with Crippen LogP contribution in [0.3, 0.4) is 0 Å². The molecule has 1 amide bonds. The molecule has 0 aromatic heterocycles. The highest BCUT2D eigenvalue weighted by Crippen LogP contribution is 2.37. The minimum Gasteiger partial charge on any atom is -0.345 e. The number of thioether (sulfide) groups is 1. The van der Waals surface area contributed by atoms with E-state index in [1.807, 2.05) is 18.2 Å². The number of amides is 1. The van der Waals surface area contributed by atoms with Crippen LogP contribution in [-0.4, -0.2) is 34.1 Å². The lowest BCUT2D eigenvalue weighted by Crippen LogP contribution is -2.31. The Bertz CT molecular complexity index is 801. The third kappa shape index (κ3) is 2.84. The highest BCUT2D eigenvalue weighted by Gasteiger charge is 2.37. The van der Waals surface area contributed by atoms with Crippen molar-refractivity contribution in [3.8, 4) is 0 Å². The summed E-state index contributed by atoms with van der Waals surface area (Å²) in [5.41, 5.74) is 1.43. The number of hydrogen-bond acceptors (Lipinski definition) is 5. The van der Waals surface area contributed by atoms with Crippen LogP contribution in [0.15, 0.2) is 53.1 Å². The molecular formula is C17H12FNO3S2. The number of benzene rings is 1. The van der Waals surface area contributed by atoms with Crippen molar-refractivity contribution in [1.82, 2.24) is 4.90 Å². The monoisotopic (exact) mass is 361 g/mol. The van der Waals surface area contributed by atoms with E-state index in [1.165, 1.54) is 28.8 Å². The third-order valence-corrected chi connectivity index (χ3v) is 5.16. The van der Waals surface area contributed by atoms with Crippen LogP contribution < -0.4 is 0 Å². The van der Waals surface area contributed by atoms with Crippen LogP contribution in [0.25, 0.3) is 6.08 Å². The molecule has 2 heterocycles. The molecule has 3 aliphatic rings. The smallest absolute Gasteiger partial charge is 0.270 e. The van der Waals surface area contributed by atoms with Gasteiger partial charge in [0, 0.05) is 5.70 Å². The zero-order valence-electron chi connectivity index (χ0n) is 12.3. The Kier molecular flexibility index (Phi) is 4.09. The van der Waals surface area contributed by atoms with Crippen molar-refractivity contribution < 1.29 is 18.7 Å². The van der Waals surface area contributed by atoms with Gasteiger partial charge in [-0.05, 0) is 35.9 Å². The summed E-state index contributed by atoms with van der Waals surface area (Å²) in [5, 5.41) is 0. The SMILES string of the molecule is O=C1/C(=C/c2ccc(F)cc2)SC(=S)N1C1=C[C@H]2OCO[C@@H]2C=C1. The van der Waals surface area contributed by atoms with Crippen molar-refractivity contribution in [2.45, 2.75) is 12.2 Å². The molecule has 0 saturated carbocycles. The minimum atomic E-state index is -0.314. The largest absolute Gasteiger partial charge is 0.345 e.